The van der Waals surface area contributed by atoms with E-state index in [2.05, 4.69) is 15.3 Å². The monoisotopic (exact) mass is 218 g/mol. The molecular weight excluding hydrogens is 204 g/mol. The van der Waals surface area contributed by atoms with Crippen LogP contribution in [0.1, 0.15) is 12.0 Å². The van der Waals surface area contributed by atoms with Crippen LogP contribution in [0, 0.1) is 0 Å². The van der Waals surface area contributed by atoms with Crippen LogP contribution in [-0.2, 0) is 16.0 Å². The highest BCUT2D eigenvalue weighted by atomic mass is 16.5. The van der Waals surface area contributed by atoms with E-state index in [0.717, 1.165) is 12.1 Å². The number of nitrogens with zero attached hydrogens (tertiary/aromatic N) is 1. The minimum Gasteiger partial charge on any atom is -0.467 e. The van der Waals surface area contributed by atoms with Crippen molar-refractivity contribution in [2.24, 2.45) is 5.10 Å². The van der Waals surface area contributed by atoms with Crippen LogP contribution in [0.5, 0.6) is 0 Å². The summed E-state index contributed by atoms with van der Waals surface area (Å²) in [4.78, 5) is 11.3. The molecule has 1 aliphatic rings. The second-order valence-corrected chi connectivity index (χ2v) is 3.75. The van der Waals surface area contributed by atoms with E-state index in [1.54, 1.807) is 0 Å². The molecule has 4 heteroatoms. The van der Waals surface area contributed by atoms with Crippen LogP contribution < -0.4 is 5.43 Å². The van der Waals surface area contributed by atoms with Crippen LogP contribution >= 0.6 is 0 Å². The minimum absolute atomic E-state index is 0.258. The van der Waals surface area contributed by atoms with E-state index in [9.17, 15) is 4.79 Å². The Morgan fingerprint density at radius 1 is 1.50 bits per heavy atom. The summed E-state index contributed by atoms with van der Waals surface area (Å²) >= 11 is 0. The Kier molecular flexibility index (Phi) is 3.19. The molecular formula is C12H14N2O2. The van der Waals surface area contributed by atoms with Crippen LogP contribution in [0.3, 0.4) is 0 Å². The first-order chi connectivity index (χ1) is 7.79. The molecule has 1 aromatic carbocycles. The third-order valence-electron chi connectivity index (χ3n) is 2.55. The summed E-state index contributed by atoms with van der Waals surface area (Å²) in [5.74, 6) is -0.258. The molecule has 0 aromatic heterocycles. The van der Waals surface area contributed by atoms with Crippen LogP contribution in [-0.4, -0.2) is 24.8 Å². The van der Waals surface area contributed by atoms with Crippen LogP contribution in [0.2, 0.25) is 0 Å². The highest BCUT2D eigenvalue weighted by Gasteiger charge is 2.25. The lowest BCUT2D eigenvalue weighted by Gasteiger charge is -2.05. The van der Waals surface area contributed by atoms with Crippen LogP contribution in [0.4, 0.5) is 0 Å². The van der Waals surface area contributed by atoms with Gasteiger partial charge in [-0.25, -0.2) is 4.79 Å². The molecule has 0 unspecified atom stereocenters. The first-order valence-electron chi connectivity index (χ1n) is 5.22. The van der Waals surface area contributed by atoms with Crippen molar-refractivity contribution in [1.82, 2.24) is 5.43 Å². The van der Waals surface area contributed by atoms with E-state index in [4.69, 9.17) is 0 Å². The molecule has 0 saturated heterocycles. The Labute approximate surface area is 94.3 Å². The first-order valence-corrected chi connectivity index (χ1v) is 5.22. The van der Waals surface area contributed by atoms with E-state index < -0.39 is 0 Å². The van der Waals surface area contributed by atoms with Gasteiger partial charge in [0.25, 0.3) is 0 Å². The molecule has 1 aliphatic heterocycles. The number of rotatable bonds is 3. The molecule has 0 fully saturated rings. The zero-order chi connectivity index (χ0) is 11.4. The van der Waals surface area contributed by atoms with E-state index in [-0.39, 0.29) is 12.0 Å². The number of carbonyl (C=O) groups is 1. The van der Waals surface area contributed by atoms with Crippen LogP contribution in [0.15, 0.2) is 35.4 Å². The summed E-state index contributed by atoms with van der Waals surface area (Å²) in [6.45, 7) is 0. The highest BCUT2D eigenvalue weighted by Crippen LogP contribution is 2.10. The molecule has 16 heavy (non-hydrogen) atoms. The molecule has 84 valence electrons. The average molecular weight is 218 g/mol. The van der Waals surface area contributed by atoms with Crippen molar-refractivity contribution in [3.05, 3.63) is 35.9 Å². The van der Waals surface area contributed by atoms with Crippen molar-refractivity contribution in [2.75, 3.05) is 7.11 Å². The Balaban J connectivity index is 1.92. The average Bonchev–Trinajstić information content (AvgIpc) is 2.78. The van der Waals surface area contributed by atoms with Crippen molar-refractivity contribution in [3.63, 3.8) is 0 Å². The standard InChI is InChI=1S/C12H14N2O2/c1-16-12(15)11-8-10(13-14-11)7-9-5-3-2-4-6-9/h2-6,11,14H,7-8H2,1H3/t11-/m1/s1. The number of carbonyl (C=O) groups excluding carboxylic acids is 1. The van der Waals surface area contributed by atoms with E-state index in [1.165, 1.54) is 12.7 Å². The van der Waals surface area contributed by atoms with Gasteiger partial charge in [0, 0.05) is 18.6 Å². The summed E-state index contributed by atoms with van der Waals surface area (Å²) in [7, 11) is 1.39. The minimum atomic E-state index is -0.316. The zero-order valence-corrected chi connectivity index (χ0v) is 9.14. The maximum Gasteiger partial charge on any atom is 0.330 e. The fraction of sp³-hybridized carbons (Fsp3) is 0.333. The zero-order valence-electron chi connectivity index (χ0n) is 9.14. The van der Waals surface area contributed by atoms with Gasteiger partial charge in [0.05, 0.1) is 7.11 Å². The highest BCUT2D eigenvalue weighted by molar-refractivity contribution is 5.93. The Morgan fingerprint density at radius 3 is 2.94 bits per heavy atom. The van der Waals surface area contributed by atoms with Gasteiger partial charge in [-0.05, 0) is 5.56 Å². The van der Waals surface area contributed by atoms with E-state index >= 15 is 0 Å². The van der Waals surface area contributed by atoms with Gasteiger partial charge in [-0.1, -0.05) is 30.3 Å². The topological polar surface area (TPSA) is 50.7 Å². The molecule has 0 aliphatic carbocycles. The largest absolute Gasteiger partial charge is 0.467 e. The molecule has 4 nitrogen and oxygen atoms in total. The van der Waals surface area contributed by atoms with Gasteiger partial charge in [-0.3, -0.25) is 5.43 Å². The molecule has 0 amide bonds. The molecule has 1 aromatic rings. The lowest BCUT2D eigenvalue weighted by molar-refractivity contribution is -0.142. The fourth-order valence-electron chi connectivity index (χ4n) is 1.72. The molecule has 1 atom stereocenters. The summed E-state index contributed by atoms with van der Waals surface area (Å²) in [6.07, 6.45) is 1.41. The lowest BCUT2D eigenvalue weighted by Crippen LogP contribution is -2.30. The quantitative estimate of drug-likeness (QED) is 0.773. The van der Waals surface area contributed by atoms with Crippen molar-refractivity contribution in [1.29, 1.82) is 0 Å². The fourth-order valence-corrected chi connectivity index (χ4v) is 1.72. The summed E-state index contributed by atoms with van der Waals surface area (Å²) in [6, 6.07) is 9.76. The number of esters is 1. The maximum atomic E-state index is 11.3. The third-order valence-corrected chi connectivity index (χ3v) is 2.55. The third kappa shape index (κ3) is 2.39. The van der Waals surface area contributed by atoms with Crippen molar-refractivity contribution < 1.29 is 9.53 Å². The van der Waals surface area contributed by atoms with Gasteiger partial charge in [0.1, 0.15) is 6.04 Å². The number of nitrogens with one attached hydrogen (secondary N) is 1. The maximum absolute atomic E-state index is 11.3. The Bertz CT molecular complexity index is 401. The molecule has 0 bridgehead atoms. The smallest absolute Gasteiger partial charge is 0.330 e. The van der Waals surface area contributed by atoms with Gasteiger partial charge in [0.15, 0.2) is 0 Å². The van der Waals surface area contributed by atoms with Gasteiger partial charge in [-0.15, -0.1) is 0 Å². The van der Waals surface area contributed by atoms with Crippen molar-refractivity contribution >= 4 is 11.7 Å². The number of hydrogen-bond acceptors (Lipinski definition) is 4. The molecule has 1 N–H and O–H groups in total. The number of methoxy groups -OCH3 is 1. The first kappa shape index (κ1) is 10.7. The number of ether oxygens (including phenoxy) is 1. The van der Waals surface area contributed by atoms with E-state index in [0.29, 0.717) is 6.42 Å². The Morgan fingerprint density at radius 2 is 2.25 bits per heavy atom. The van der Waals surface area contributed by atoms with Crippen LogP contribution in [0.25, 0.3) is 0 Å². The predicted molar refractivity (Wildman–Crippen MR) is 61.1 cm³/mol. The molecule has 0 spiro atoms. The van der Waals surface area contributed by atoms with Gasteiger partial charge in [0.2, 0.25) is 0 Å². The number of hydrazone groups is 1. The number of hydrogen-bond donors (Lipinski definition) is 1. The SMILES string of the molecule is COC(=O)[C@H]1CC(Cc2ccccc2)=NN1. The Hall–Kier alpha value is -1.84. The summed E-state index contributed by atoms with van der Waals surface area (Å²) in [5, 5.41) is 4.15. The molecule has 0 saturated carbocycles. The van der Waals surface area contributed by atoms with E-state index in [1.807, 2.05) is 30.3 Å². The number of benzene rings is 1. The van der Waals surface area contributed by atoms with Gasteiger partial charge >= 0.3 is 5.97 Å². The molecule has 0 radical (unpaired) electrons. The van der Waals surface area contributed by atoms with Crippen molar-refractivity contribution in [3.8, 4) is 0 Å². The molecule has 2 rings (SSSR count). The van der Waals surface area contributed by atoms with Gasteiger partial charge < -0.3 is 4.74 Å². The van der Waals surface area contributed by atoms with Gasteiger partial charge in [-0.2, -0.15) is 5.10 Å². The predicted octanol–water partition coefficient (Wildman–Crippen LogP) is 1.12. The second-order valence-electron chi connectivity index (χ2n) is 3.75. The molecule has 1 heterocycles. The second kappa shape index (κ2) is 4.79. The normalized spacial score (nSPS) is 18.8. The lowest BCUT2D eigenvalue weighted by atomic mass is 10.0. The van der Waals surface area contributed by atoms with Crippen molar-refractivity contribution in [2.45, 2.75) is 18.9 Å². The summed E-state index contributed by atoms with van der Waals surface area (Å²) in [5.41, 5.74) is 4.98. The summed E-state index contributed by atoms with van der Waals surface area (Å²) < 4.78 is 4.66.